The van der Waals surface area contributed by atoms with Crippen LogP contribution in [0.1, 0.15) is 38.3 Å². The number of rotatable bonds is 5. The molecule has 0 amide bonds. The van der Waals surface area contributed by atoms with Crippen LogP contribution in [0.4, 0.5) is 11.6 Å². The third kappa shape index (κ3) is 3.09. The van der Waals surface area contributed by atoms with Crippen LogP contribution < -0.4 is 11.1 Å². The zero-order chi connectivity index (χ0) is 23.9. The lowest BCUT2D eigenvalue weighted by molar-refractivity contribution is -0.161. The maximum atomic E-state index is 6.57. The molecule has 0 spiro atoms. The topological polar surface area (TPSA) is 100 Å². The molecule has 4 aromatic rings. The molecule has 1 saturated heterocycles. The van der Waals surface area contributed by atoms with Crippen LogP contribution in [0.2, 0.25) is 0 Å². The first-order valence-corrected chi connectivity index (χ1v) is 12.4. The summed E-state index contributed by atoms with van der Waals surface area (Å²) in [6.45, 7) is 4.05. The Bertz CT molecular complexity index is 1460. The molecule has 1 aliphatic heterocycles. The largest absolute Gasteiger partial charge is 0.383 e. The van der Waals surface area contributed by atoms with Gasteiger partial charge in [-0.1, -0.05) is 12.1 Å². The summed E-state index contributed by atoms with van der Waals surface area (Å²) in [7, 11) is 1.90. The maximum Gasteiger partial charge on any atom is 0.163 e. The maximum absolute atomic E-state index is 6.57. The molecule has 7 rings (SSSR count). The molecule has 3 aromatic heterocycles. The molecule has 3 N–H and O–H groups in total. The normalized spacial score (nSPS) is 30.5. The summed E-state index contributed by atoms with van der Waals surface area (Å²) in [5.74, 6) is 1.29. The van der Waals surface area contributed by atoms with E-state index in [0.29, 0.717) is 11.7 Å². The number of hydrogen-bond acceptors (Lipinski definition) is 7. The highest BCUT2D eigenvalue weighted by molar-refractivity contribution is 5.86. The lowest BCUT2D eigenvalue weighted by Gasteiger charge is -2.24. The SMILES string of the molecule is CNc1ccc2ccc(CCC34C[C@@H]3[C@@H](n3ccc5c(N)ncnc53)[C@@H]3OC(C)(C)O[C@@H]34)cc2n1. The first-order chi connectivity index (χ1) is 16.9. The molecule has 3 aliphatic rings. The molecule has 1 aromatic carbocycles. The van der Waals surface area contributed by atoms with Crippen LogP contribution >= 0.6 is 0 Å². The molecule has 1 unspecified atom stereocenters. The Hall–Kier alpha value is -3.23. The summed E-state index contributed by atoms with van der Waals surface area (Å²) in [5, 5.41) is 5.19. The summed E-state index contributed by atoms with van der Waals surface area (Å²) in [5.41, 5.74) is 9.44. The quantitative estimate of drug-likeness (QED) is 0.448. The van der Waals surface area contributed by atoms with Crippen LogP contribution in [-0.4, -0.2) is 44.6 Å². The molecule has 35 heavy (non-hydrogen) atoms. The summed E-state index contributed by atoms with van der Waals surface area (Å²) < 4.78 is 15.3. The van der Waals surface area contributed by atoms with Crippen molar-refractivity contribution in [1.29, 1.82) is 0 Å². The monoisotopic (exact) mass is 470 g/mol. The van der Waals surface area contributed by atoms with E-state index in [0.717, 1.165) is 47.0 Å². The number of pyridine rings is 1. The molecule has 4 heterocycles. The Morgan fingerprint density at radius 1 is 1.14 bits per heavy atom. The Morgan fingerprint density at radius 2 is 2.00 bits per heavy atom. The van der Waals surface area contributed by atoms with E-state index >= 15 is 0 Å². The molecule has 0 radical (unpaired) electrons. The number of hydrogen-bond donors (Lipinski definition) is 2. The van der Waals surface area contributed by atoms with Crippen LogP contribution in [0.15, 0.2) is 48.9 Å². The number of nitrogens with zero attached hydrogens (tertiary/aromatic N) is 4. The van der Waals surface area contributed by atoms with E-state index in [2.05, 4.69) is 50.3 Å². The zero-order valence-corrected chi connectivity index (χ0v) is 20.2. The van der Waals surface area contributed by atoms with Gasteiger partial charge in [0.2, 0.25) is 0 Å². The highest BCUT2D eigenvalue weighted by atomic mass is 16.8. The van der Waals surface area contributed by atoms with Gasteiger partial charge in [0.05, 0.1) is 23.0 Å². The van der Waals surface area contributed by atoms with Crippen molar-refractivity contribution >= 4 is 33.6 Å². The minimum atomic E-state index is -0.596. The molecule has 2 aliphatic carbocycles. The van der Waals surface area contributed by atoms with E-state index in [9.17, 15) is 0 Å². The van der Waals surface area contributed by atoms with Gasteiger partial charge in [0, 0.05) is 24.0 Å². The van der Waals surface area contributed by atoms with Gasteiger partial charge in [-0.05, 0) is 68.9 Å². The highest BCUT2D eigenvalue weighted by Gasteiger charge is 2.75. The van der Waals surface area contributed by atoms with Crippen LogP contribution in [-0.2, 0) is 15.9 Å². The molecule has 3 fully saturated rings. The number of nitrogen functional groups attached to an aromatic ring is 1. The molecule has 8 heteroatoms. The van der Waals surface area contributed by atoms with E-state index in [-0.39, 0.29) is 23.7 Å². The fourth-order valence-corrected chi connectivity index (χ4v) is 6.70. The lowest BCUT2D eigenvalue weighted by atomic mass is 9.91. The molecular formula is C27H30N6O2. The van der Waals surface area contributed by atoms with Gasteiger partial charge in [0.1, 0.15) is 29.7 Å². The third-order valence-electron chi connectivity index (χ3n) is 8.38. The van der Waals surface area contributed by atoms with Crippen molar-refractivity contribution in [1.82, 2.24) is 19.5 Å². The number of benzene rings is 1. The van der Waals surface area contributed by atoms with Crippen LogP contribution in [0.25, 0.3) is 21.9 Å². The Labute approximate surface area is 203 Å². The number of ether oxygens (including phenoxy) is 2. The van der Waals surface area contributed by atoms with Crippen LogP contribution in [0.5, 0.6) is 0 Å². The number of nitrogens with two attached hydrogens (primary N) is 1. The number of fused-ring (bicyclic) bond motifs is 5. The fourth-order valence-electron chi connectivity index (χ4n) is 6.70. The van der Waals surface area contributed by atoms with E-state index in [1.54, 1.807) is 6.33 Å². The minimum absolute atomic E-state index is 0.00741. The fraction of sp³-hybridized carbons (Fsp3) is 0.444. The molecule has 0 bridgehead atoms. The average Bonchev–Trinajstić information content (AvgIpc) is 3.10. The van der Waals surface area contributed by atoms with Crippen molar-refractivity contribution in [2.75, 3.05) is 18.1 Å². The number of aromatic nitrogens is 4. The van der Waals surface area contributed by atoms with E-state index in [1.807, 2.05) is 33.0 Å². The number of anilines is 2. The third-order valence-corrected chi connectivity index (χ3v) is 8.38. The van der Waals surface area contributed by atoms with E-state index < -0.39 is 5.79 Å². The van der Waals surface area contributed by atoms with Crippen molar-refractivity contribution in [3.05, 3.63) is 54.5 Å². The minimum Gasteiger partial charge on any atom is -0.383 e. The smallest absolute Gasteiger partial charge is 0.163 e. The van der Waals surface area contributed by atoms with Gasteiger partial charge in [0.15, 0.2) is 5.79 Å². The summed E-state index contributed by atoms with van der Waals surface area (Å²) in [4.78, 5) is 13.5. The zero-order valence-electron chi connectivity index (χ0n) is 20.2. The molecule has 8 nitrogen and oxygen atoms in total. The van der Waals surface area contributed by atoms with E-state index in [4.69, 9.17) is 20.2 Å². The summed E-state index contributed by atoms with van der Waals surface area (Å²) in [6.07, 6.45) is 6.87. The van der Waals surface area contributed by atoms with Gasteiger partial charge in [-0.25, -0.2) is 15.0 Å². The molecular weight excluding hydrogens is 440 g/mol. The average molecular weight is 471 g/mol. The van der Waals surface area contributed by atoms with Gasteiger partial charge in [0.25, 0.3) is 0 Å². The standard InChI is InChI=1S/C27H30N6O2/c1-26(2)34-22-21(33-11-9-17-24(28)30-14-31-25(17)33)18-13-27(18,23(22)35-26)10-8-15-4-5-16-6-7-20(29-3)32-19(16)12-15/h4-7,9,11-12,14,18,21-23H,8,10,13H2,1-3H3,(H,29,32)(H2,28,30,31)/t18-,21-,22+,23+,27?/m1/s1. The second-order valence-corrected chi connectivity index (χ2v) is 10.7. The lowest BCUT2D eigenvalue weighted by Crippen LogP contribution is -2.32. The molecule has 180 valence electrons. The summed E-state index contributed by atoms with van der Waals surface area (Å²) >= 11 is 0. The van der Waals surface area contributed by atoms with Crippen molar-refractivity contribution in [3.63, 3.8) is 0 Å². The van der Waals surface area contributed by atoms with Crippen LogP contribution in [0.3, 0.4) is 0 Å². The predicted octanol–water partition coefficient (Wildman–Crippen LogP) is 4.32. The molecule has 2 saturated carbocycles. The van der Waals surface area contributed by atoms with Crippen molar-refractivity contribution < 1.29 is 9.47 Å². The van der Waals surface area contributed by atoms with Gasteiger partial charge in [-0.2, -0.15) is 0 Å². The van der Waals surface area contributed by atoms with Gasteiger partial charge in [-0.15, -0.1) is 0 Å². The van der Waals surface area contributed by atoms with Crippen molar-refractivity contribution in [3.8, 4) is 0 Å². The number of aryl methyl sites for hydroxylation is 1. The highest BCUT2D eigenvalue weighted by Crippen LogP contribution is 2.73. The predicted molar refractivity (Wildman–Crippen MR) is 135 cm³/mol. The van der Waals surface area contributed by atoms with Crippen LogP contribution in [0, 0.1) is 11.3 Å². The van der Waals surface area contributed by atoms with Gasteiger partial charge < -0.3 is 25.1 Å². The Balaban J connectivity index is 1.21. The van der Waals surface area contributed by atoms with Crippen molar-refractivity contribution in [2.45, 2.75) is 57.1 Å². The molecule has 5 atom stereocenters. The van der Waals surface area contributed by atoms with Gasteiger partial charge in [-0.3, -0.25) is 0 Å². The first-order valence-electron chi connectivity index (χ1n) is 12.4. The first kappa shape index (κ1) is 21.1. The number of nitrogens with one attached hydrogen (secondary N) is 1. The summed E-state index contributed by atoms with van der Waals surface area (Å²) in [6, 6.07) is 12.9. The van der Waals surface area contributed by atoms with Gasteiger partial charge >= 0.3 is 0 Å². The Morgan fingerprint density at radius 3 is 2.86 bits per heavy atom. The second kappa shape index (κ2) is 7.15. The second-order valence-electron chi connectivity index (χ2n) is 10.7. The Kier molecular flexibility index (Phi) is 4.31. The van der Waals surface area contributed by atoms with E-state index in [1.165, 1.54) is 5.56 Å². The van der Waals surface area contributed by atoms with Crippen molar-refractivity contribution in [2.24, 2.45) is 11.3 Å².